The van der Waals surface area contributed by atoms with E-state index in [1.54, 1.807) is 6.21 Å². The largest absolute Gasteiger partial charge is 0.384 e. The Labute approximate surface area is 77.9 Å². The van der Waals surface area contributed by atoms with Crippen LogP contribution in [-0.4, -0.2) is 12.8 Å². The highest BCUT2D eigenvalue weighted by atomic mass is 15.3. The summed E-state index contributed by atoms with van der Waals surface area (Å²) in [5, 5.41) is 7.22. The highest BCUT2D eigenvalue weighted by Crippen LogP contribution is 2.25. The summed E-state index contributed by atoms with van der Waals surface area (Å²) in [5.74, 6) is 0. The van der Waals surface area contributed by atoms with Crippen LogP contribution < -0.4 is 10.7 Å². The van der Waals surface area contributed by atoms with Gasteiger partial charge in [-0.2, -0.15) is 10.5 Å². The number of hydrogen-bond donors (Lipinski definition) is 1. The second-order valence-corrected chi connectivity index (χ2v) is 3.01. The molecule has 1 radical (unpaired) electrons. The first-order chi connectivity index (χ1) is 6.42. The zero-order valence-corrected chi connectivity index (χ0v) is 7.62. The molecule has 1 N–H and O–H groups in total. The van der Waals surface area contributed by atoms with Crippen LogP contribution in [0.4, 0.5) is 11.4 Å². The van der Waals surface area contributed by atoms with E-state index in [-0.39, 0.29) is 0 Å². The zero-order chi connectivity index (χ0) is 9.10. The number of nitrogens with one attached hydrogen (secondary N) is 1. The van der Waals surface area contributed by atoms with Gasteiger partial charge in [0.05, 0.1) is 11.9 Å². The smallest absolute Gasteiger partial charge is 0.0966 e. The fourth-order valence-electron chi connectivity index (χ4n) is 1.34. The highest BCUT2D eigenvalue weighted by molar-refractivity contribution is 5.96. The topological polar surface area (TPSA) is 38.5 Å². The van der Waals surface area contributed by atoms with Crippen molar-refractivity contribution in [2.45, 2.75) is 13.3 Å². The van der Waals surface area contributed by atoms with Gasteiger partial charge < -0.3 is 5.32 Å². The lowest BCUT2D eigenvalue weighted by molar-refractivity contribution is 0.975. The van der Waals surface area contributed by atoms with Crippen LogP contribution in [0.25, 0.3) is 0 Å². The van der Waals surface area contributed by atoms with Gasteiger partial charge in [-0.1, -0.05) is 13.0 Å². The van der Waals surface area contributed by atoms with Crippen LogP contribution in [0.2, 0.25) is 0 Å². The highest BCUT2D eigenvalue weighted by Gasteiger charge is 2.10. The maximum absolute atomic E-state index is 4.00. The van der Waals surface area contributed by atoms with Crippen molar-refractivity contribution in [3.8, 4) is 0 Å². The van der Waals surface area contributed by atoms with Crippen LogP contribution in [-0.2, 0) is 0 Å². The molecule has 1 aromatic rings. The predicted octanol–water partition coefficient (Wildman–Crippen LogP) is 2.09. The monoisotopic (exact) mass is 174 g/mol. The summed E-state index contributed by atoms with van der Waals surface area (Å²) in [6.07, 6.45) is 2.92. The minimum absolute atomic E-state index is 0.959. The van der Waals surface area contributed by atoms with E-state index in [1.165, 1.54) is 0 Å². The van der Waals surface area contributed by atoms with Crippen LogP contribution >= 0.6 is 0 Å². The first kappa shape index (κ1) is 8.10. The molecule has 0 amide bonds. The third-order valence-electron chi connectivity index (χ3n) is 2.00. The number of rotatable bonds is 3. The summed E-state index contributed by atoms with van der Waals surface area (Å²) in [6.45, 7) is 3.14. The maximum atomic E-state index is 4.00. The third-order valence-corrected chi connectivity index (χ3v) is 2.00. The molecule has 0 saturated carbocycles. The molecule has 1 aromatic carbocycles. The van der Waals surface area contributed by atoms with Crippen molar-refractivity contribution in [3.63, 3.8) is 0 Å². The van der Waals surface area contributed by atoms with E-state index >= 15 is 0 Å². The van der Waals surface area contributed by atoms with Crippen LogP contribution in [0.3, 0.4) is 0 Å². The van der Waals surface area contributed by atoms with E-state index in [4.69, 9.17) is 0 Å². The van der Waals surface area contributed by atoms with Gasteiger partial charge in [0, 0.05) is 17.8 Å². The molecule has 0 saturated heterocycles. The van der Waals surface area contributed by atoms with Gasteiger partial charge in [0.15, 0.2) is 0 Å². The zero-order valence-electron chi connectivity index (χ0n) is 7.62. The molecule has 13 heavy (non-hydrogen) atoms. The maximum Gasteiger partial charge on any atom is 0.0966 e. The SMILES string of the molecule is CCCNc1cccc2c1C=N[N]2. The molecule has 1 aliphatic rings. The first-order valence-corrected chi connectivity index (χ1v) is 4.53. The van der Waals surface area contributed by atoms with Gasteiger partial charge in [0.2, 0.25) is 0 Å². The van der Waals surface area contributed by atoms with Crippen LogP contribution in [0.1, 0.15) is 18.9 Å². The molecule has 1 heterocycles. The normalized spacial score (nSPS) is 12.4. The fraction of sp³-hybridized carbons (Fsp3) is 0.300. The molecule has 0 unspecified atom stereocenters. The minimum Gasteiger partial charge on any atom is -0.384 e. The Bertz CT molecular complexity index is 331. The standard InChI is InChI=1S/C10H12N3/c1-2-6-11-9-4-3-5-10-8(9)7-12-13-10/h3-5,7,11H,2,6H2,1H3. The molecule has 0 spiro atoms. The molecular formula is C10H12N3. The van der Waals surface area contributed by atoms with Gasteiger partial charge in [0.1, 0.15) is 0 Å². The number of fused-ring (bicyclic) bond motifs is 1. The Hall–Kier alpha value is -1.51. The molecule has 0 fully saturated rings. The quantitative estimate of drug-likeness (QED) is 0.748. The van der Waals surface area contributed by atoms with Gasteiger partial charge in [-0.25, -0.2) is 0 Å². The predicted molar refractivity (Wildman–Crippen MR) is 54.6 cm³/mol. The second-order valence-electron chi connectivity index (χ2n) is 3.01. The van der Waals surface area contributed by atoms with E-state index in [0.717, 1.165) is 29.9 Å². The Morgan fingerprint density at radius 3 is 3.15 bits per heavy atom. The molecule has 67 valence electrons. The molecule has 3 nitrogen and oxygen atoms in total. The molecule has 0 aromatic heterocycles. The number of anilines is 1. The van der Waals surface area contributed by atoms with Crippen molar-refractivity contribution in [2.75, 3.05) is 11.9 Å². The fourth-order valence-corrected chi connectivity index (χ4v) is 1.34. The number of hydrogen-bond acceptors (Lipinski definition) is 2. The molecular weight excluding hydrogens is 162 g/mol. The molecule has 0 bridgehead atoms. The molecule has 3 heteroatoms. The van der Waals surface area contributed by atoms with Crippen molar-refractivity contribution in [3.05, 3.63) is 23.8 Å². The summed E-state index contributed by atoms with van der Waals surface area (Å²) < 4.78 is 0. The minimum atomic E-state index is 0.959. The average molecular weight is 174 g/mol. The Balaban J connectivity index is 2.25. The second kappa shape index (κ2) is 3.47. The molecule has 0 atom stereocenters. The van der Waals surface area contributed by atoms with E-state index in [0.29, 0.717) is 0 Å². The lowest BCUT2D eigenvalue weighted by Gasteiger charge is -2.07. The van der Waals surface area contributed by atoms with Crippen LogP contribution in [0.5, 0.6) is 0 Å². The summed E-state index contributed by atoms with van der Waals surface area (Å²) in [6, 6.07) is 6.02. The van der Waals surface area contributed by atoms with Crippen molar-refractivity contribution < 1.29 is 0 Å². The van der Waals surface area contributed by atoms with Gasteiger partial charge in [0.25, 0.3) is 0 Å². The van der Waals surface area contributed by atoms with E-state index < -0.39 is 0 Å². The Morgan fingerprint density at radius 1 is 1.38 bits per heavy atom. The number of nitrogens with zero attached hydrogens (tertiary/aromatic N) is 2. The average Bonchev–Trinajstić information content (AvgIpc) is 2.62. The van der Waals surface area contributed by atoms with Crippen molar-refractivity contribution in [2.24, 2.45) is 5.10 Å². The van der Waals surface area contributed by atoms with Gasteiger partial charge in [-0.3, -0.25) is 0 Å². The van der Waals surface area contributed by atoms with Crippen molar-refractivity contribution >= 4 is 17.6 Å². The molecule has 2 rings (SSSR count). The summed E-state index contributed by atoms with van der Waals surface area (Å²) in [5.41, 5.74) is 7.19. The lowest BCUT2D eigenvalue weighted by atomic mass is 10.1. The van der Waals surface area contributed by atoms with Gasteiger partial charge in [-0.15, -0.1) is 0 Å². The van der Waals surface area contributed by atoms with E-state index in [2.05, 4.69) is 28.8 Å². The molecule has 1 aliphatic heterocycles. The Kier molecular flexibility index (Phi) is 2.17. The van der Waals surface area contributed by atoms with Crippen LogP contribution in [0, 0.1) is 0 Å². The van der Waals surface area contributed by atoms with Crippen molar-refractivity contribution in [1.82, 2.24) is 5.43 Å². The van der Waals surface area contributed by atoms with E-state index in [1.807, 2.05) is 12.1 Å². The summed E-state index contributed by atoms with van der Waals surface area (Å²) >= 11 is 0. The van der Waals surface area contributed by atoms with Crippen LogP contribution in [0.15, 0.2) is 23.3 Å². The van der Waals surface area contributed by atoms with Gasteiger partial charge >= 0.3 is 0 Å². The third kappa shape index (κ3) is 1.49. The van der Waals surface area contributed by atoms with E-state index in [9.17, 15) is 0 Å². The van der Waals surface area contributed by atoms with Gasteiger partial charge in [-0.05, 0) is 18.6 Å². The lowest BCUT2D eigenvalue weighted by Crippen LogP contribution is -2.02. The summed E-state index contributed by atoms with van der Waals surface area (Å²) in [7, 11) is 0. The first-order valence-electron chi connectivity index (χ1n) is 4.53. The summed E-state index contributed by atoms with van der Waals surface area (Å²) in [4.78, 5) is 0. The van der Waals surface area contributed by atoms with Crippen molar-refractivity contribution in [1.29, 1.82) is 0 Å². The Morgan fingerprint density at radius 2 is 2.31 bits per heavy atom. The number of benzene rings is 1. The molecule has 0 aliphatic carbocycles.